The number of nitrogens with one attached hydrogen (secondary N) is 1. The fourth-order valence-electron chi connectivity index (χ4n) is 5.32. The smallest absolute Gasteiger partial charge is 0.217 e. The number of carbonyl (C=O) groups is 2. The zero-order chi connectivity index (χ0) is 20.9. The third kappa shape index (κ3) is 2.82. The molecule has 3 aliphatic carbocycles. The van der Waals surface area contributed by atoms with Gasteiger partial charge in [-0.15, -0.1) is 0 Å². The first-order chi connectivity index (χ1) is 14.0. The number of amides is 1. The Morgan fingerprint density at radius 2 is 1.83 bits per heavy atom. The number of allylic oxidation sites excluding steroid dienone is 1. The van der Waals surface area contributed by atoms with Crippen molar-refractivity contribution in [1.82, 2.24) is 5.32 Å². The van der Waals surface area contributed by atoms with Crippen molar-refractivity contribution in [3.63, 3.8) is 0 Å². The first-order valence-electron chi connectivity index (χ1n) is 9.86. The predicted octanol–water partition coefficient (Wildman–Crippen LogP) is 2.15. The average Bonchev–Trinajstić information content (AvgIpc) is 2.89. The van der Waals surface area contributed by atoms with E-state index in [1.807, 2.05) is 6.07 Å². The largest absolute Gasteiger partial charge is 0.493 e. The number of rotatable bonds is 5. The van der Waals surface area contributed by atoms with E-state index in [2.05, 4.69) is 5.32 Å². The molecular formula is C22H27NO6. The van der Waals surface area contributed by atoms with Gasteiger partial charge < -0.3 is 24.3 Å². The highest BCUT2D eigenvalue weighted by Gasteiger charge is 2.56. The summed E-state index contributed by atoms with van der Waals surface area (Å²) in [4.78, 5) is 24.8. The normalized spacial score (nSPS) is 27.3. The zero-order valence-corrected chi connectivity index (χ0v) is 17.5. The minimum Gasteiger partial charge on any atom is -0.493 e. The number of Topliss-reactive ketones (excluding diaryl/α,β-unsaturated/α-hetero) is 1. The van der Waals surface area contributed by atoms with Crippen molar-refractivity contribution in [1.29, 1.82) is 0 Å². The van der Waals surface area contributed by atoms with Crippen LogP contribution in [0.4, 0.5) is 0 Å². The van der Waals surface area contributed by atoms with E-state index >= 15 is 0 Å². The second-order valence-corrected chi connectivity index (χ2v) is 7.79. The van der Waals surface area contributed by atoms with Crippen molar-refractivity contribution < 1.29 is 28.5 Å². The number of ether oxygens (including phenoxy) is 4. The van der Waals surface area contributed by atoms with Crippen LogP contribution in [0.1, 0.15) is 30.9 Å². The van der Waals surface area contributed by atoms with Gasteiger partial charge in [-0.2, -0.15) is 0 Å². The molecule has 1 fully saturated rings. The first kappa shape index (κ1) is 19.8. The van der Waals surface area contributed by atoms with E-state index < -0.39 is 6.10 Å². The number of fused-ring (bicyclic) bond motifs is 5. The number of ketones is 1. The van der Waals surface area contributed by atoms with Crippen LogP contribution in [0.25, 0.3) is 5.57 Å². The van der Waals surface area contributed by atoms with Gasteiger partial charge in [-0.1, -0.05) is 0 Å². The van der Waals surface area contributed by atoms with Gasteiger partial charge >= 0.3 is 0 Å². The van der Waals surface area contributed by atoms with Gasteiger partial charge in [-0.05, 0) is 42.0 Å². The topological polar surface area (TPSA) is 83.1 Å². The Morgan fingerprint density at radius 1 is 1.10 bits per heavy atom. The van der Waals surface area contributed by atoms with Crippen LogP contribution in [-0.4, -0.2) is 52.3 Å². The summed E-state index contributed by atoms with van der Waals surface area (Å²) in [5.74, 6) is 1.61. The Bertz CT molecular complexity index is 905. The third-order valence-corrected chi connectivity index (χ3v) is 6.43. The van der Waals surface area contributed by atoms with Gasteiger partial charge in [-0.3, -0.25) is 9.59 Å². The Hall–Kier alpha value is -2.54. The van der Waals surface area contributed by atoms with E-state index in [9.17, 15) is 9.59 Å². The highest BCUT2D eigenvalue weighted by Crippen LogP contribution is 2.60. The van der Waals surface area contributed by atoms with Gasteiger partial charge in [0.25, 0.3) is 0 Å². The molecule has 0 radical (unpaired) electrons. The van der Waals surface area contributed by atoms with Gasteiger partial charge in [0.05, 0.1) is 33.3 Å². The lowest BCUT2D eigenvalue weighted by Crippen LogP contribution is -2.44. The lowest BCUT2D eigenvalue weighted by atomic mass is 9.64. The van der Waals surface area contributed by atoms with Crippen LogP contribution >= 0.6 is 0 Å². The van der Waals surface area contributed by atoms with Crippen molar-refractivity contribution in [2.75, 3.05) is 28.4 Å². The zero-order valence-electron chi connectivity index (χ0n) is 17.5. The highest BCUT2D eigenvalue weighted by molar-refractivity contribution is 6.02. The molecule has 0 saturated heterocycles. The molecule has 3 aliphatic rings. The highest BCUT2D eigenvalue weighted by atomic mass is 16.5. The van der Waals surface area contributed by atoms with Gasteiger partial charge in [0.15, 0.2) is 17.3 Å². The van der Waals surface area contributed by atoms with E-state index in [0.29, 0.717) is 30.1 Å². The molecule has 1 aromatic carbocycles. The molecule has 1 amide bonds. The van der Waals surface area contributed by atoms with Crippen LogP contribution in [0.3, 0.4) is 0 Å². The maximum absolute atomic E-state index is 12.9. The standard InChI is InChI=1S/C22H27NO6/c1-10(24)23-13-7-6-11-8-15(27-3)21(28-4)22(29-5)16(11)17-12-9-14(26-2)20(25)18(12)19(13)17/h8,12-14,18H,6-7,9H2,1-5H3,(H,23,24)/t12?,13-,14?,18?/m0/s1. The van der Waals surface area contributed by atoms with Gasteiger partial charge in [0.1, 0.15) is 6.10 Å². The van der Waals surface area contributed by atoms with Crippen molar-refractivity contribution >= 4 is 17.3 Å². The molecule has 4 atom stereocenters. The quantitative estimate of drug-likeness (QED) is 0.814. The molecule has 0 heterocycles. The molecular weight excluding hydrogens is 374 g/mol. The molecule has 3 unspecified atom stereocenters. The molecule has 29 heavy (non-hydrogen) atoms. The summed E-state index contributed by atoms with van der Waals surface area (Å²) < 4.78 is 22.4. The maximum atomic E-state index is 12.9. The molecule has 1 aromatic rings. The van der Waals surface area contributed by atoms with E-state index in [1.54, 1.807) is 28.4 Å². The second kappa shape index (κ2) is 7.37. The molecule has 0 aromatic heterocycles. The van der Waals surface area contributed by atoms with Crippen molar-refractivity contribution in [2.45, 2.75) is 38.3 Å². The number of hydrogen-bond acceptors (Lipinski definition) is 6. The Labute approximate surface area is 170 Å². The summed E-state index contributed by atoms with van der Waals surface area (Å²) in [7, 11) is 6.38. The molecule has 1 N–H and O–H groups in total. The van der Waals surface area contributed by atoms with E-state index in [1.165, 1.54) is 6.92 Å². The molecule has 0 spiro atoms. The van der Waals surface area contributed by atoms with Gasteiger partial charge in [-0.25, -0.2) is 0 Å². The summed E-state index contributed by atoms with van der Waals surface area (Å²) in [5.41, 5.74) is 4.14. The number of methoxy groups -OCH3 is 4. The molecule has 4 rings (SSSR count). The number of carbonyl (C=O) groups excluding carboxylic acids is 2. The molecule has 7 heteroatoms. The minimum absolute atomic E-state index is 0.0579. The van der Waals surface area contributed by atoms with Crippen LogP contribution in [-0.2, 0) is 20.7 Å². The van der Waals surface area contributed by atoms with Crippen LogP contribution in [0.2, 0.25) is 0 Å². The van der Waals surface area contributed by atoms with Gasteiger partial charge in [0.2, 0.25) is 11.7 Å². The molecule has 156 valence electrons. The van der Waals surface area contributed by atoms with Crippen LogP contribution in [0.5, 0.6) is 17.2 Å². The summed E-state index contributed by atoms with van der Waals surface area (Å²) in [6, 6.07) is 1.80. The maximum Gasteiger partial charge on any atom is 0.217 e. The SMILES string of the molecule is COc1cc2c(c(OC)c1OC)C1=C(C3C(=O)C(OC)CC13)[C@@H](NC(C)=O)CC2. The first-order valence-corrected chi connectivity index (χ1v) is 9.86. The number of aryl methyl sites for hydroxylation is 1. The summed E-state index contributed by atoms with van der Waals surface area (Å²) in [6.45, 7) is 1.51. The monoisotopic (exact) mass is 401 g/mol. The fourth-order valence-corrected chi connectivity index (χ4v) is 5.32. The Balaban J connectivity index is 1.93. The van der Waals surface area contributed by atoms with E-state index in [0.717, 1.165) is 28.7 Å². The van der Waals surface area contributed by atoms with Gasteiger partial charge in [0, 0.05) is 25.5 Å². The average molecular weight is 401 g/mol. The molecule has 1 saturated carbocycles. The predicted molar refractivity (Wildman–Crippen MR) is 106 cm³/mol. The summed E-state index contributed by atoms with van der Waals surface area (Å²) in [6.07, 6.45) is 1.66. The second-order valence-electron chi connectivity index (χ2n) is 7.79. The Kier molecular flexibility index (Phi) is 5.02. The van der Waals surface area contributed by atoms with E-state index in [4.69, 9.17) is 18.9 Å². The lowest BCUT2D eigenvalue weighted by Gasteiger charge is -2.40. The number of benzene rings is 1. The van der Waals surface area contributed by atoms with Crippen molar-refractivity contribution in [3.05, 3.63) is 22.8 Å². The summed E-state index contributed by atoms with van der Waals surface area (Å²) >= 11 is 0. The number of hydrogen-bond donors (Lipinski definition) is 1. The minimum atomic E-state index is -0.413. The fraction of sp³-hybridized carbons (Fsp3) is 0.545. The van der Waals surface area contributed by atoms with Crippen LogP contribution in [0, 0.1) is 11.8 Å². The van der Waals surface area contributed by atoms with Crippen LogP contribution in [0.15, 0.2) is 11.6 Å². The molecule has 0 bridgehead atoms. The lowest BCUT2D eigenvalue weighted by molar-refractivity contribution is -0.128. The Morgan fingerprint density at radius 3 is 2.41 bits per heavy atom. The summed E-state index contributed by atoms with van der Waals surface area (Å²) in [5, 5.41) is 3.06. The van der Waals surface area contributed by atoms with Crippen LogP contribution < -0.4 is 19.5 Å². The molecule has 7 nitrogen and oxygen atoms in total. The van der Waals surface area contributed by atoms with E-state index in [-0.39, 0.29) is 29.6 Å². The van der Waals surface area contributed by atoms with Crippen molar-refractivity contribution in [3.8, 4) is 17.2 Å². The van der Waals surface area contributed by atoms with Crippen molar-refractivity contribution in [2.24, 2.45) is 11.8 Å². The molecule has 0 aliphatic heterocycles. The third-order valence-electron chi connectivity index (χ3n) is 6.43.